The maximum absolute atomic E-state index is 2.32. The van der Waals surface area contributed by atoms with E-state index in [1.54, 1.807) is 0 Å². The van der Waals surface area contributed by atoms with Gasteiger partial charge in [0.1, 0.15) is 0 Å². The predicted octanol–water partition coefficient (Wildman–Crippen LogP) is 4.42. The van der Waals surface area contributed by atoms with Crippen LogP contribution in [0.5, 0.6) is 0 Å². The maximum Gasteiger partial charge on any atom is 0.320 e. The van der Waals surface area contributed by atoms with E-state index in [0.717, 1.165) is 0 Å². The van der Waals surface area contributed by atoms with Crippen LogP contribution in [0.4, 0.5) is 0 Å². The average molecular weight is 332 g/mol. The van der Waals surface area contributed by atoms with Crippen molar-refractivity contribution >= 4 is 24.6 Å². The third kappa shape index (κ3) is 2.55. The van der Waals surface area contributed by atoms with E-state index in [2.05, 4.69) is 119 Å². The molecular formula is C22H18B2N2. The molecule has 4 aliphatic heterocycles. The minimum atomic E-state index is 0.273. The second-order valence-corrected chi connectivity index (χ2v) is 6.74. The van der Waals surface area contributed by atoms with Crippen molar-refractivity contribution in [3.05, 3.63) is 121 Å². The van der Waals surface area contributed by atoms with Gasteiger partial charge in [-0.2, -0.15) is 0 Å². The SMILES string of the molecule is C1=CB2C(c3cccc(C4=CC=CN5C=CC=CB45)c3)=CC=CN2C=C1. The molecule has 0 saturated heterocycles. The van der Waals surface area contributed by atoms with Crippen LogP contribution in [0.2, 0.25) is 0 Å². The summed E-state index contributed by atoms with van der Waals surface area (Å²) in [5.41, 5.74) is 5.22. The second-order valence-electron chi connectivity index (χ2n) is 6.74. The summed E-state index contributed by atoms with van der Waals surface area (Å²) in [7, 11) is 0. The Morgan fingerprint density at radius 2 is 1.08 bits per heavy atom. The topological polar surface area (TPSA) is 6.48 Å². The van der Waals surface area contributed by atoms with Gasteiger partial charge in [0.2, 0.25) is 0 Å². The Kier molecular flexibility index (Phi) is 3.67. The molecule has 0 aliphatic carbocycles. The van der Waals surface area contributed by atoms with Crippen molar-refractivity contribution in [2.75, 3.05) is 0 Å². The first-order chi connectivity index (χ1) is 12.9. The highest BCUT2D eigenvalue weighted by atomic mass is 15.0. The van der Waals surface area contributed by atoms with E-state index in [9.17, 15) is 0 Å². The van der Waals surface area contributed by atoms with E-state index in [-0.39, 0.29) is 13.7 Å². The van der Waals surface area contributed by atoms with Crippen LogP contribution < -0.4 is 0 Å². The summed E-state index contributed by atoms with van der Waals surface area (Å²) in [5.74, 6) is 4.50. The summed E-state index contributed by atoms with van der Waals surface area (Å²) in [4.78, 5) is 4.50. The fourth-order valence-corrected chi connectivity index (χ4v) is 3.94. The molecule has 4 heteroatoms. The summed E-state index contributed by atoms with van der Waals surface area (Å²) < 4.78 is 0. The number of nitrogens with zero attached hydrogens (tertiary/aromatic N) is 2. The number of fused-ring (bicyclic) bond motifs is 2. The van der Waals surface area contributed by atoms with Gasteiger partial charge < -0.3 is 9.62 Å². The molecule has 1 aromatic carbocycles. The summed E-state index contributed by atoms with van der Waals surface area (Å²) in [6.45, 7) is 0.545. The zero-order valence-corrected chi connectivity index (χ0v) is 14.4. The average Bonchev–Trinajstić information content (AvgIpc) is 2.73. The number of hydrogen-bond acceptors (Lipinski definition) is 2. The van der Waals surface area contributed by atoms with Crippen molar-refractivity contribution in [3.63, 3.8) is 0 Å². The van der Waals surface area contributed by atoms with Crippen LogP contribution in [-0.2, 0) is 0 Å². The van der Waals surface area contributed by atoms with Crippen molar-refractivity contribution in [1.29, 1.82) is 0 Å². The lowest BCUT2D eigenvalue weighted by molar-refractivity contribution is 0.792. The molecule has 0 N–H and O–H groups in total. The lowest BCUT2D eigenvalue weighted by Gasteiger charge is -2.30. The highest BCUT2D eigenvalue weighted by Gasteiger charge is 2.28. The van der Waals surface area contributed by atoms with Gasteiger partial charge in [0.15, 0.2) is 0 Å². The summed E-state index contributed by atoms with van der Waals surface area (Å²) in [6.07, 6.45) is 25.6. The predicted molar refractivity (Wildman–Crippen MR) is 112 cm³/mol. The van der Waals surface area contributed by atoms with Crippen molar-refractivity contribution < 1.29 is 0 Å². The maximum atomic E-state index is 2.32. The molecule has 0 aromatic heterocycles. The first-order valence-corrected chi connectivity index (χ1v) is 9.03. The molecule has 0 atom stereocenters. The Labute approximate surface area is 155 Å². The van der Waals surface area contributed by atoms with E-state index in [0.29, 0.717) is 0 Å². The number of benzene rings is 1. The molecule has 4 aliphatic rings. The molecule has 4 heterocycles. The third-order valence-electron chi connectivity index (χ3n) is 5.20. The zero-order valence-electron chi connectivity index (χ0n) is 14.4. The molecule has 0 saturated carbocycles. The lowest BCUT2D eigenvalue weighted by Crippen LogP contribution is -2.35. The van der Waals surface area contributed by atoms with Crippen LogP contribution >= 0.6 is 0 Å². The molecule has 0 fully saturated rings. The minimum absolute atomic E-state index is 0.273. The van der Waals surface area contributed by atoms with Crippen molar-refractivity contribution in [2.45, 2.75) is 0 Å². The third-order valence-corrected chi connectivity index (χ3v) is 5.20. The Balaban J connectivity index is 1.52. The van der Waals surface area contributed by atoms with Crippen molar-refractivity contribution in [2.24, 2.45) is 0 Å². The van der Waals surface area contributed by atoms with E-state index in [1.807, 2.05) is 0 Å². The van der Waals surface area contributed by atoms with Gasteiger partial charge >= 0.3 is 13.7 Å². The molecule has 2 nitrogen and oxygen atoms in total. The van der Waals surface area contributed by atoms with Gasteiger partial charge in [-0.15, -0.1) is 0 Å². The zero-order chi connectivity index (χ0) is 17.3. The van der Waals surface area contributed by atoms with E-state index in [4.69, 9.17) is 0 Å². The lowest BCUT2D eigenvalue weighted by atomic mass is 9.49. The van der Waals surface area contributed by atoms with Crippen LogP contribution in [0.25, 0.3) is 10.9 Å². The second kappa shape index (κ2) is 6.30. The number of allylic oxidation sites excluding steroid dienone is 8. The van der Waals surface area contributed by atoms with Gasteiger partial charge in [-0.05, 0) is 77.2 Å². The molecular weight excluding hydrogens is 314 g/mol. The van der Waals surface area contributed by atoms with Crippen LogP contribution in [0.1, 0.15) is 11.1 Å². The first kappa shape index (κ1) is 15.2. The first-order valence-electron chi connectivity index (χ1n) is 9.03. The smallest absolute Gasteiger partial charge is 0.320 e. The fourth-order valence-electron chi connectivity index (χ4n) is 3.94. The van der Waals surface area contributed by atoms with Crippen LogP contribution in [-0.4, -0.2) is 23.3 Å². The molecule has 0 unspecified atom stereocenters. The van der Waals surface area contributed by atoms with Crippen LogP contribution in [0, 0.1) is 0 Å². The van der Waals surface area contributed by atoms with Crippen molar-refractivity contribution in [3.8, 4) is 0 Å². The summed E-state index contributed by atoms with van der Waals surface area (Å²) in [6, 6.07) is 8.92. The van der Waals surface area contributed by atoms with Gasteiger partial charge in [-0.25, -0.2) is 0 Å². The summed E-state index contributed by atoms with van der Waals surface area (Å²) in [5, 5.41) is 0. The number of hydrogen-bond donors (Lipinski definition) is 0. The van der Waals surface area contributed by atoms with Crippen LogP contribution in [0.3, 0.4) is 0 Å². The van der Waals surface area contributed by atoms with E-state index < -0.39 is 0 Å². The van der Waals surface area contributed by atoms with Gasteiger partial charge in [0.25, 0.3) is 0 Å². The molecule has 1 aromatic rings. The quantitative estimate of drug-likeness (QED) is 0.740. The Bertz CT molecular complexity index is 900. The molecule has 0 radical (unpaired) electrons. The van der Waals surface area contributed by atoms with Gasteiger partial charge in [-0.3, -0.25) is 0 Å². The summed E-state index contributed by atoms with van der Waals surface area (Å²) >= 11 is 0. The molecule has 122 valence electrons. The van der Waals surface area contributed by atoms with Crippen molar-refractivity contribution in [1.82, 2.24) is 9.62 Å². The van der Waals surface area contributed by atoms with Gasteiger partial charge in [-0.1, -0.05) is 54.5 Å². The minimum Gasteiger partial charge on any atom is -0.390 e. The Morgan fingerprint density at radius 1 is 0.577 bits per heavy atom. The van der Waals surface area contributed by atoms with Gasteiger partial charge in [0.05, 0.1) is 0 Å². The Morgan fingerprint density at radius 3 is 1.62 bits per heavy atom. The van der Waals surface area contributed by atoms with E-state index in [1.165, 1.54) is 22.1 Å². The normalized spacial score (nSPS) is 19.5. The molecule has 0 spiro atoms. The van der Waals surface area contributed by atoms with Gasteiger partial charge in [0, 0.05) is 0 Å². The molecule has 0 amide bonds. The molecule has 26 heavy (non-hydrogen) atoms. The highest BCUT2D eigenvalue weighted by molar-refractivity contribution is 6.82. The van der Waals surface area contributed by atoms with E-state index >= 15 is 0 Å². The fraction of sp³-hybridized carbons (Fsp3) is 0. The molecule has 0 bridgehead atoms. The largest absolute Gasteiger partial charge is 0.390 e. The molecule has 5 rings (SSSR count). The Hall–Kier alpha value is -3.13. The number of rotatable bonds is 2. The standard InChI is InChI=1S/C22H18B2N2/c1-3-14-25-16-6-10-21(23(25)12-1)19-8-5-9-20(18-19)22-11-7-17-26-15-4-2-13-24(22)26/h1-18H. The monoisotopic (exact) mass is 332 g/mol. The van der Waals surface area contributed by atoms with Crippen LogP contribution in [0.15, 0.2) is 110 Å². The highest BCUT2D eigenvalue weighted by Crippen LogP contribution is 2.31.